The second kappa shape index (κ2) is 8.27. The van der Waals surface area contributed by atoms with Gasteiger partial charge in [-0.25, -0.2) is 4.39 Å². The fraction of sp³-hybridized carbons (Fsp3) is 0.280. The SMILES string of the molecule is O=C1C(N(C(=O)Cc2cccs2)c2ccccc2F)c2ccccc2N1C1CCCC1. The fourth-order valence-electron chi connectivity index (χ4n) is 4.82. The quantitative estimate of drug-likeness (QED) is 0.533. The number of rotatable bonds is 5. The van der Waals surface area contributed by atoms with Crippen LogP contribution in [0.4, 0.5) is 15.8 Å². The van der Waals surface area contributed by atoms with Crippen molar-refractivity contribution in [1.82, 2.24) is 0 Å². The number of hydrogen-bond acceptors (Lipinski definition) is 3. The normalized spacial score (nSPS) is 18.4. The number of fused-ring (bicyclic) bond motifs is 1. The van der Waals surface area contributed by atoms with Gasteiger partial charge in [0.25, 0.3) is 5.91 Å². The number of nitrogens with zero attached hydrogens (tertiary/aromatic N) is 2. The molecule has 0 bridgehead atoms. The van der Waals surface area contributed by atoms with Crippen molar-refractivity contribution >= 4 is 34.5 Å². The Labute approximate surface area is 184 Å². The number of carbonyl (C=O) groups is 2. The molecule has 2 aromatic carbocycles. The summed E-state index contributed by atoms with van der Waals surface area (Å²) in [6.07, 6.45) is 4.22. The van der Waals surface area contributed by atoms with Crippen LogP contribution in [0.2, 0.25) is 0 Å². The molecule has 1 aliphatic carbocycles. The van der Waals surface area contributed by atoms with Crippen LogP contribution in [-0.4, -0.2) is 17.9 Å². The Morgan fingerprint density at radius 2 is 1.77 bits per heavy atom. The molecule has 1 fully saturated rings. The summed E-state index contributed by atoms with van der Waals surface area (Å²) < 4.78 is 14.9. The van der Waals surface area contributed by atoms with Crippen LogP contribution >= 0.6 is 11.3 Å². The standard InChI is InChI=1S/C25H23FN2O2S/c26-20-12-4-6-14-22(20)28(23(29)16-18-10-7-15-31-18)24-19-11-3-5-13-21(19)27(25(24)30)17-8-1-2-9-17/h3-7,10-15,17,24H,1-2,8-9,16H2. The predicted molar refractivity (Wildman–Crippen MR) is 121 cm³/mol. The zero-order valence-electron chi connectivity index (χ0n) is 17.0. The number of benzene rings is 2. The van der Waals surface area contributed by atoms with Gasteiger partial charge in [0.15, 0.2) is 0 Å². The van der Waals surface area contributed by atoms with Gasteiger partial charge < -0.3 is 4.90 Å². The lowest BCUT2D eigenvalue weighted by atomic mass is 10.0. The lowest BCUT2D eigenvalue weighted by molar-refractivity contribution is -0.124. The van der Waals surface area contributed by atoms with Crippen LogP contribution in [0.5, 0.6) is 0 Å². The molecule has 0 saturated heterocycles. The Balaban J connectivity index is 1.61. The summed E-state index contributed by atoms with van der Waals surface area (Å²) in [7, 11) is 0. The summed E-state index contributed by atoms with van der Waals surface area (Å²) in [6, 6.07) is 16.9. The molecule has 1 aliphatic heterocycles. The molecule has 5 rings (SSSR count). The number of thiophene rings is 1. The van der Waals surface area contributed by atoms with Gasteiger partial charge in [-0.05, 0) is 42.5 Å². The third-order valence-corrected chi connectivity index (χ3v) is 7.07. The Bertz CT molecular complexity index is 1110. The highest BCUT2D eigenvalue weighted by atomic mass is 32.1. The van der Waals surface area contributed by atoms with Gasteiger partial charge in [-0.3, -0.25) is 14.5 Å². The first-order valence-electron chi connectivity index (χ1n) is 10.7. The van der Waals surface area contributed by atoms with Crippen molar-refractivity contribution in [3.05, 3.63) is 82.3 Å². The molecule has 0 N–H and O–H groups in total. The Hall–Kier alpha value is -2.99. The van der Waals surface area contributed by atoms with Crippen LogP contribution in [-0.2, 0) is 16.0 Å². The monoisotopic (exact) mass is 434 g/mol. The molecule has 1 aromatic heterocycles. The average Bonchev–Trinajstić information content (AvgIpc) is 3.52. The molecule has 2 amide bonds. The molecule has 1 atom stereocenters. The van der Waals surface area contributed by atoms with Crippen LogP contribution in [0.25, 0.3) is 0 Å². The van der Waals surface area contributed by atoms with Gasteiger partial charge in [0.05, 0.1) is 12.1 Å². The van der Waals surface area contributed by atoms with Crippen molar-refractivity contribution in [2.45, 2.75) is 44.2 Å². The number of para-hydroxylation sites is 2. The summed E-state index contributed by atoms with van der Waals surface area (Å²) in [6.45, 7) is 0. The first kappa shape index (κ1) is 19.9. The highest BCUT2D eigenvalue weighted by Gasteiger charge is 2.46. The van der Waals surface area contributed by atoms with E-state index < -0.39 is 11.9 Å². The first-order chi connectivity index (χ1) is 15.1. The summed E-state index contributed by atoms with van der Waals surface area (Å²) in [4.78, 5) is 31.5. The second-order valence-electron chi connectivity index (χ2n) is 8.08. The van der Waals surface area contributed by atoms with Crippen LogP contribution in [0.15, 0.2) is 66.0 Å². The molecule has 1 saturated carbocycles. The summed E-state index contributed by atoms with van der Waals surface area (Å²) in [5.74, 6) is -0.934. The highest BCUT2D eigenvalue weighted by molar-refractivity contribution is 7.10. The Morgan fingerprint density at radius 1 is 1.03 bits per heavy atom. The minimum Gasteiger partial charge on any atom is -0.307 e. The van der Waals surface area contributed by atoms with Crippen molar-refractivity contribution < 1.29 is 14.0 Å². The largest absolute Gasteiger partial charge is 0.307 e. The molecule has 0 radical (unpaired) electrons. The van der Waals surface area contributed by atoms with Crippen LogP contribution in [0.3, 0.4) is 0 Å². The van der Waals surface area contributed by atoms with Crippen molar-refractivity contribution in [3.63, 3.8) is 0 Å². The molecule has 2 aliphatic rings. The van der Waals surface area contributed by atoms with E-state index in [1.807, 2.05) is 46.7 Å². The summed E-state index contributed by atoms with van der Waals surface area (Å²) in [5.41, 5.74) is 1.75. The van der Waals surface area contributed by atoms with E-state index >= 15 is 0 Å². The van der Waals surface area contributed by atoms with Crippen molar-refractivity contribution in [3.8, 4) is 0 Å². The fourth-order valence-corrected chi connectivity index (χ4v) is 5.52. The minimum absolute atomic E-state index is 0.126. The minimum atomic E-state index is -0.860. The molecule has 4 nitrogen and oxygen atoms in total. The van der Waals surface area contributed by atoms with Crippen molar-refractivity contribution in [2.24, 2.45) is 0 Å². The topological polar surface area (TPSA) is 40.6 Å². The van der Waals surface area contributed by atoms with Gasteiger partial charge in [0.2, 0.25) is 5.91 Å². The number of carbonyl (C=O) groups excluding carboxylic acids is 2. The number of halogens is 1. The lowest BCUT2D eigenvalue weighted by Gasteiger charge is -2.30. The van der Waals surface area contributed by atoms with Crippen LogP contribution in [0.1, 0.15) is 42.2 Å². The van der Waals surface area contributed by atoms with Gasteiger partial charge in [-0.1, -0.05) is 49.2 Å². The molecule has 2 heterocycles. The number of amides is 2. The van der Waals surface area contributed by atoms with E-state index in [2.05, 4.69) is 0 Å². The van der Waals surface area contributed by atoms with Gasteiger partial charge >= 0.3 is 0 Å². The van der Waals surface area contributed by atoms with Crippen LogP contribution in [0, 0.1) is 5.82 Å². The van der Waals surface area contributed by atoms with Gasteiger partial charge in [0, 0.05) is 22.2 Å². The summed E-state index contributed by atoms with van der Waals surface area (Å²) >= 11 is 1.48. The highest BCUT2D eigenvalue weighted by Crippen LogP contribution is 2.45. The van der Waals surface area contributed by atoms with E-state index in [0.29, 0.717) is 0 Å². The average molecular weight is 435 g/mol. The summed E-state index contributed by atoms with van der Waals surface area (Å²) in [5, 5.41) is 1.91. The zero-order valence-corrected chi connectivity index (χ0v) is 17.9. The Morgan fingerprint density at radius 3 is 2.52 bits per heavy atom. The molecular weight excluding hydrogens is 411 g/mol. The first-order valence-corrected chi connectivity index (χ1v) is 11.5. The molecular formula is C25H23FN2O2S. The Kier molecular flexibility index (Phi) is 5.32. The van der Waals surface area contributed by atoms with E-state index in [4.69, 9.17) is 0 Å². The van der Waals surface area contributed by atoms with E-state index in [9.17, 15) is 14.0 Å². The molecule has 1 unspecified atom stereocenters. The molecule has 31 heavy (non-hydrogen) atoms. The van der Waals surface area contributed by atoms with Crippen molar-refractivity contribution in [2.75, 3.05) is 9.80 Å². The zero-order chi connectivity index (χ0) is 21.4. The van der Waals surface area contributed by atoms with Gasteiger partial charge in [0.1, 0.15) is 11.9 Å². The predicted octanol–water partition coefficient (Wildman–Crippen LogP) is 5.49. The van der Waals surface area contributed by atoms with Gasteiger partial charge in [-0.2, -0.15) is 0 Å². The number of anilines is 2. The van der Waals surface area contributed by atoms with Gasteiger partial charge in [-0.15, -0.1) is 11.3 Å². The maximum Gasteiger partial charge on any atom is 0.255 e. The van der Waals surface area contributed by atoms with E-state index in [0.717, 1.165) is 41.8 Å². The van der Waals surface area contributed by atoms with E-state index in [1.165, 1.54) is 22.3 Å². The third-order valence-electron chi connectivity index (χ3n) is 6.20. The smallest absolute Gasteiger partial charge is 0.255 e. The molecule has 6 heteroatoms. The van der Waals surface area contributed by atoms with Crippen LogP contribution < -0.4 is 9.80 Å². The molecule has 158 valence electrons. The van der Waals surface area contributed by atoms with Crippen molar-refractivity contribution in [1.29, 1.82) is 0 Å². The maximum atomic E-state index is 14.9. The maximum absolute atomic E-state index is 14.9. The van der Waals surface area contributed by atoms with E-state index in [1.54, 1.807) is 18.2 Å². The second-order valence-corrected chi connectivity index (χ2v) is 9.11. The lowest BCUT2D eigenvalue weighted by Crippen LogP contribution is -2.44. The third kappa shape index (κ3) is 3.55. The molecule has 0 spiro atoms. The number of hydrogen-bond donors (Lipinski definition) is 0. The molecule has 3 aromatic rings. The van der Waals surface area contributed by atoms with E-state index in [-0.39, 0.29) is 30.0 Å².